The van der Waals surface area contributed by atoms with Crippen LogP contribution in [-0.4, -0.2) is 23.4 Å². The van der Waals surface area contributed by atoms with Crippen LogP contribution in [-0.2, 0) is 4.79 Å². The van der Waals surface area contributed by atoms with E-state index < -0.39 is 0 Å². The molecule has 110 valence electrons. The average molecular weight is 274 g/mol. The lowest BCUT2D eigenvalue weighted by Crippen LogP contribution is -2.60. The Balaban J connectivity index is 1.66. The maximum Gasteiger partial charge on any atom is 0.222 e. The number of carbonyl (C=O) groups excluding carboxylic acids is 1. The molecule has 0 spiro atoms. The van der Waals surface area contributed by atoms with Crippen LogP contribution in [0.1, 0.15) is 58.3 Å². The summed E-state index contributed by atoms with van der Waals surface area (Å²) in [6.45, 7) is 1.90. The molecule has 0 radical (unpaired) electrons. The van der Waals surface area contributed by atoms with Gasteiger partial charge in [-0.3, -0.25) is 4.79 Å². The first kappa shape index (κ1) is 13.9. The van der Waals surface area contributed by atoms with Crippen molar-refractivity contribution in [3.05, 3.63) is 0 Å². The Morgan fingerprint density at radius 3 is 2.20 bits per heavy atom. The fraction of sp³-hybridized carbons (Fsp3) is 0.882. The summed E-state index contributed by atoms with van der Waals surface area (Å²) < 4.78 is 0. The van der Waals surface area contributed by atoms with Crippen molar-refractivity contribution in [2.45, 2.75) is 63.8 Å². The van der Waals surface area contributed by atoms with Crippen molar-refractivity contribution >= 4 is 5.91 Å². The van der Waals surface area contributed by atoms with Gasteiger partial charge in [-0.2, -0.15) is 5.26 Å². The molecule has 0 aromatic heterocycles. The molecule has 4 saturated carbocycles. The standard InChI is InChI=1S/C17H26N2O/c1-12(11-18)3-4-16(20)19(2)17-8-13-5-14(9-17)7-15(6-13)10-17/h12-15H,3-10H2,1-2H3. The van der Waals surface area contributed by atoms with Crippen molar-refractivity contribution in [1.29, 1.82) is 5.26 Å². The first-order valence-electron chi connectivity index (χ1n) is 8.18. The normalized spacial score (nSPS) is 39.4. The molecule has 0 heterocycles. The van der Waals surface area contributed by atoms with Crippen molar-refractivity contribution in [2.75, 3.05) is 7.05 Å². The molecule has 4 rings (SSSR count). The van der Waals surface area contributed by atoms with Gasteiger partial charge in [-0.1, -0.05) is 0 Å². The van der Waals surface area contributed by atoms with Crippen LogP contribution in [0, 0.1) is 35.0 Å². The Morgan fingerprint density at radius 2 is 1.75 bits per heavy atom. The van der Waals surface area contributed by atoms with Gasteiger partial charge in [-0.05, 0) is 69.6 Å². The number of carbonyl (C=O) groups is 1. The molecule has 3 nitrogen and oxygen atoms in total. The molecule has 4 fully saturated rings. The number of rotatable bonds is 4. The van der Waals surface area contributed by atoms with E-state index in [0.717, 1.165) is 17.8 Å². The molecule has 0 N–H and O–H groups in total. The maximum atomic E-state index is 12.5. The molecule has 4 aliphatic rings. The highest BCUT2D eigenvalue weighted by Gasteiger charge is 2.53. The van der Waals surface area contributed by atoms with Crippen LogP contribution in [0.5, 0.6) is 0 Å². The molecule has 4 aliphatic carbocycles. The Kier molecular flexibility index (Phi) is 3.52. The summed E-state index contributed by atoms with van der Waals surface area (Å²) in [5, 5.41) is 8.84. The van der Waals surface area contributed by atoms with Gasteiger partial charge in [0.1, 0.15) is 0 Å². The SMILES string of the molecule is CC(C#N)CCC(=O)N(C)C12CC3CC(CC(C3)C1)C2. The summed E-state index contributed by atoms with van der Waals surface area (Å²) in [5.41, 5.74) is 0.168. The summed E-state index contributed by atoms with van der Waals surface area (Å²) in [4.78, 5) is 14.6. The Hall–Kier alpha value is -1.04. The Labute approximate surface area is 122 Å². The van der Waals surface area contributed by atoms with Crippen LogP contribution >= 0.6 is 0 Å². The molecule has 1 atom stereocenters. The van der Waals surface area contributed by atoms with Crippen LogP contribution in [0.4, 0.5) is 0 Å². The summed E-state index contributed by atoms with van der Waals surface area (Å²) in [6.07, 6.45) is 9.16. The van der Waals surface area contributed by atoms with E-state index in [2.05, 4.69) is 11.0 Å². The van der Waals surface area contributed by atoms with E-state index in [-0.39, 0.29) is 17.4 Å². The molecule has 0 aromatic rings. The first-order chi connectivity index (χ1) is 9.52. The lowest BCUT2D eigenvalue weighted by atomic mass is 9.52. The van der Waals surface area contributed by atoms with Crippen LogP contribution < -0.4 is 0 Å². The minimum Gasteiger partial charge on any atom is -0.340 e. The number of nitriles is 1. The highest BCUT2D eigenvalue weighted by Crippen LogP contribution is 2.57. The summed E-state index contributed by atoms with van der Waals surface area (Å²) in [6, 6.07) is 2.22. The monoisotopic (exact) mass is 274 g/mol. The van der Waals surface area contributed by atoms with Gasteiger partial charge in [0.15, 0.2) is 0 Å². The van der Waals surface area contributed by atoms with E-state index in [1.807, 2.05) is 14.0 Å². The van der Waals surface area contributed by atoms with Gasteiger partial charge in [-0.15, -0.1) is 0 Å². The van der Waals surface area contributed by atoms with E-state index in [4.69, 9.17) is 5.26 Å². The third-order valence-corrected chi connectivity index (χ3v) is 6.10. The fourth-order valence-corrected chi connectivity index (χ4v) is 5.31. The summed E-state index contributed by atoms with van der Waals surface area (Å²) in [5.74, 6) is 2.86. The van der Waals surface area contributed by atoms with Gasteiger partial charge in [0.25, 0.3) is 0 Å². The molecular weight excluding hydrogens is 248 g/mol. The largest absolute Gasteiger partial charge is 0.340 e. The number of nitrogens with zero attached hydrogens (tertiary/aromatic N) is 2. The number of hydrogen-bond acceptors (Lipinski definition) is 2. The molecule has 0 aromatic carbocycles. The van der Waals surface area contributed by atoms with E-state index in [9.17, 15) is 4.79 Å². The highest BCUT2D eigenvalue weighted by atomic mass is 16.2. The van der Waals surface area contributed by atoms with Crippen LogP contribution in [0.2, 0.25) is 0 Å². The van der Waals surface area contributed by atoms with Crippen molar-refractivity contribution in [3.63, 3.8) is 0 Å². The van der Waals surface area contributed by atoms with Crippen LogP contribution in [0.25, 0.3) is 0 Å². The van der Waals surface area contributed by atoms with Crippen molar-refractivity contribution in [3.8, 4) is 6.07 Å². The van der Waals surface area contributed by atoms with E-state index >= 15 is 0 Å². The molecular formula is C17H26N2O. The van der Waals surface area contributed by atoms with Gasteiger partial charge in [-0.25, -0.2) is 0 Å². The topological polar surface area (TPSA) is 44.1 Å². The second-order valence-electron chi connectivity index (χ2n) is 7.66. The van der Waals surface area contributed by atoms with Gasteiger partial charge in [0, 0.05) is 24.9 Å². The van der Waals surface area contributed by atoms with Gasteiger partial charge < -0.3 is 4.90 Å². The highest BCUT2D eigenvalue weighted by molar-refractivity contribution is 5.77. The first-order valence-corrected chi connectivity index (χ1v) is 8.18. The third-order valence-electron chi connectivity index (χ3n) is 6.10. The summed E-state index contributed by atoms with van der Waals surface area (Å²) in [7, 11) is 2.02. The second kappa shape index (κ2) is 5.06. The summed E-state index contributed by atoms with van der Waals surface area (Å²) >= 11 is 0. The molecule has 3 heteroatoms. The fourth-order valence-electron chi connectivity index (χ4n) is 5.31. The number of hydrogen-bond donors (Lipinski definition) is 0. The van der Waals surface area contributed by atoms with Gasteiger partial charge in [0.2, 0.25) is 5.91 Å². The second-order valence-corrected chi connectivity index (χ2v) is 7.66. The van der Waals surface area contributed by atoms with E-state index in [0.29, 0.717) is 12.8 Å². The Bertz CT molecular complexity index is 401. The van der Waals surface area contributed by atoms with E-state index in [1.54, 1.807) is 0 Å². The molecule has 1 unspecified atom stereocenters. The molecule has 4 bridgehead atoms. The van der Waals surface area contributed by atoms with Gasteiger partial charge in [0.05, 0.1) is 6.07 Å². The van der Waals surface area contributed by atoms with Crippen LogP contribution in [0.15, 0.2) is 0 Å². The van der Waals surface area contributed by atoms with Gasteiger partial charge >= 0.3 is 0 Å². The smallest absolute Gasteiger partial charge is 0.222 e. The quantitative estimate of drug-likeness (QED) is 0.789. The van der Waals surface area contributed by atoms with E-state index in [1.165, 1.54) is 38.5 Å². The predicted molar refractivity (Wildman–Crippen MR) is 77.7 cm³/mol. The molecule has 20 heavy (non-hydrogen) atoms. The number of amides is 1. The van der Waals surface area contributed by atoms with Crippen molar-refractivity contribution in [2.24, 2.45) is 23.7 Å². The molecule has 1 amide bonds. The lowest BCUT2D eigenvalue weighted by Gasteiger charge is -2.59. The molecule has 0 aliphatic heterocycles. The zero-order valence-electron chi connectivity index (χ0n) is 12.8. The van der Waals surface area contributed by atoms with Crippen molar-refractivity contribution in [1.82, 2.24) is 4.90 Å². The zero-order valence-corrected chi connectivity index (χ0v) is 12.8. The van der Waals surface area contributed by atoms with Crippen LogP contribution in [0.3, 0.4) is 0 Å². The lowest BCUT2D eigenvalue weighted by molar-refractivity contribution is -0.147. The van der Waals surface area contributed by atoms with Crippen molar-refractivity contribution < 1.29 is 4.79 Å². The predicted octanol–water partition coefficient (Wildman–Crippen LogP) is 3.35. The Morgan fingerprint density at radius 1 is 1.25 bits per heavy atom. The average Bonchev–Trinajstić information content (AvgIpc) is 2.42. The minimum absolute atomic E-state index is 0.0105. The zero-order chi connectivity index (χ0) is 14.3. The minimum atomic E-state index is -0.0105. The molecule has 0 saturated heterocycles. The third kappa shape index (κ3) is 2.34. The maximum absolute atomic E-state index is 12.5.